The fourth-order valence-corrected chi connectivity index (χ4v) is 6.78. The van der Waals surface area contributed by atoms with Gasteiger partial charge in [-0.2, -0.15) is 0 Å². The molecule has 0 aromatic rings. The second-order valence-corrected chi connectivity index (χ2v) is 16.7. The maximum atomic E-state index is 12.8. The van der Waals surface area contributed by atoms with Crippen LogP contribution >= 0.6 is 0 Å². The van der Waals surface area contributed by atoms with Crippen molar-refractivity contribution in [1.82, 2.24) is 0 Å². The Morgan fingerprint density at radius 1 is 0.333 bits per heavy atom. The summed E-state index contributed by atoms with van der Waals surface area (Å²) in [6, 6.07) is 0. The summed E-state index contributed by atoms with van der Waals surface area (Å²) in [6.45, 7) is 6.35. The zero-order chi connectivity index (χ0) is 45.8. The summed E-state index contributed by atoms with van der Waals surface area (Å²) in [4.78, 5) is 37.9. The fourth-order valence-electron chi connectivity index (χ4n) is 6.78. The lowest BCUT2D eigenvalue weighted by molar-refractivity contribution is -0.167. The van der Waals surface area contributed by atoms with E-state index in [0.29, 0.717) is 19.3 Å². The van der Waals surface area contributed by atoms with E-state index in [0.717, 1.165) is 122 Å². The van der Waals surface area contributed by atoms with Gasteiger partial charge in [-0.05, 0) is 96.3 Å². The van der Waals surface area contributed by atoms with Crippen LogP contribution in [0.5, 0.6) is 0 Å². The van der Waals surface area contributed by atoms with Gasteiger partial charge in [-0.1, -0.05) is 208 Å². The molecule has 0 saturated heterocycles. The normalized spacial score (nSPS) is 12.9. The molecule has 0 rings (SSSR count). The van der Waals surface area contributed by atoms with Gasteiger partial charge in [-0.25, -0.2) is 0 Å². The van der Waals surface area contributed by atoms with Crippen molar-refractivity contribution in [2.75, 3.05) is 13.2 Å². The summed E-state index contributed by atoms with van der Waals surface area (Å²) in [5.74, 6) is -0.941. The third-order valence-electron chi connectivity index (χ3n) is 10.6. The van der Waals surface area contributed by atoms with Crippen LogP contribution in [0.4, 0.5) is 0 Å². The van der Waals surface area contributed by atoms with Crippen LogP contribution in [0.1, 0.15) is 226 Å². The van der Waals surface area contributed by atoms with Gasteiger partial charge in [0.1, 0.15) is 13.2 Å². The first kappa shape index (κ1) is 59.3. The summed E-state index contributed by atoms with van der Waals surface area (Å²) >= 11 is 0. The summed E-state index contributed by atoms with van der Waals surface area (Å²) < 4.78 is 16.7. The average Bonchev–Trinajstić information content (AvgIpc) is 3.28. The van der Waals surface area contributed by atoms with Crippen LogP contribution in [-0.4, -0.2) is 37.2 Å². The first-order chi connectivity index (χ1) is 31.0. The smallest absolute Gasteiger partial charge is 0.306 e. The number of allylic oxidation sites excluding steroid dienone is 16. The van der Waals surface area contributed by atoms with Crippen molar-refractivity contribution in [2.45, 2.75) is 232 Å². The van der Waals surface area contributed by atoms with E-state index in [1.54, 1.807) is 0 Å². The number of hydrogen-bond donors (Lipinski definition) is 0. The van der Waals surface area contributed by atoms with E-state index >= 15 is 0 Å². The highest BCUT2D eigenvalue weighted by Gasteiger charge is 2.19. The van der Waals surface area contributed by atoms with E-state index in [2.05, 4.69) is 118 Å². The molecule has 0 aliphatic carbocycles. The van der Waals surface area contributed by atoms with Crippen molar-refractivity contribution in [3.8, 4) is 0 Å². The van der Waals surface area contributed by atoms with Crippen LogP contribution in [0.3, 0.4) is 0 Å². The molecule has 1 unspecified atom stereocenters. The van der Waals surface area contributed by atoms with E-state index in [9.17, 15) is 14.4 Å². The maximum absolute atomic E-state index is 12.8. The Morgan fingerprint density at radius 2 is 0.619 bits per heavy atom. The van der Waals surface area contributed by atoms with Gasteiger partial charge in [-0.15, -0.1) is 0 Å². The average molecular weight is 875 g/mol. The molecule has 0 aliphatic rings. The molecule has 0 amide bonds. The standard InChI is InChI=1S/C57H94O6/c1-4-7-10-13-16-19-21-23-25-27-28-30-31-33-35-38-41-44-47-50-56(59)62-53-54(52-61-55(58)49-46-43-40-37-18-15-12-9-6-3)63-57(60)51-48-45-42-39-36-34-32-29-26-24-22-20-17-14-11-8-5-2/h7-8,10-11,16-17,19-20,23-26,28,30,33,35,54H,4-6,9,12-15,18,21-22,27,29,31-32,34,36-53H2,1-3H3/b10-7-,11-8-,19-16-,20-17-,25-23-,26-24-,30-28-,35-33-. The molecule has 0 aliphatic heterocycles. The fraction of sp³-hybridized carbons (Fsp3) is 0.667. The molecule has 0 heterocycles. The monoisotopic (exact) mass is 875 g/mol. The number of ether oxygens (including phenoxy) is 3. The van der Waals surface area contributed by atoms with E-state index < -0.39 is 6.10 Å². The number of carbonyl (C=O) groups is 3. The molecule has 0 bridgehead atoms. The molecule has 0 saturated carbocycles. The van der Waals surface area contributed by atoms with Crippen molar-refractivity contribution in [3.05, 3.63) is 97.2 Å². The van der Waals surface area contributed by atoms with E-state index in [1.165, 1.54) is 64.2 Å². The Kier molecular flexibility index (Phi) is 48.0. The van der Waals surface area contributed by atoms with Gasteiger partial charge in [-0.3, -0.25) is 14.4 Å². The van der Waals surface area contributed by atoms with Crippen LogP contribution in [-0.2, 0) is 28.6 Å². The number of carbonyl (C=O) groups excluding carboxylic acids is 3. The largest absolute Gasteiger partial charge is 0.462 e. The number of unbranched alkanes of at least 4 members (excludes halogenated alkanes) is 18. The van der Waals surface area contributed by atoms with Crippen LogP contribution in [0, 0.1) is 0 Å². The zero-order valence-electron chi connectivity index (χ0n) is 40.8. The van der Waals surface area contributed by atoms with Crippen LogP contribution < -0.4 is 0 Å². The summed E-state index contributed by atoms with van der Waals surface area (Å²) in [5.41, 5.74) is 0. The third kappa shape index (κ3) is 49.2. The lowest BCUT2D eigenvalue weighted by Crippen LogP contribution is -2.30. The van der Waals surface area contributed by atoms with Gasteiger partial charge in [0, 0.05) is 19.3 Å². The highest BCUT2D eigenvalue weighted by atomic mass is 16.6. The molecule has 0 aromatic carbocycles. The predicted molar refractivity (Wildman–Crippen MR) is 270 cm³/mol. The molecular weight excluding hydrogens is 781 g/mol. The Labute approximate surface area is 387 Å². The molecule has 0 N–H and O–H groups in total. The summed E-state index contributed by atoms with van der Waals surface area (Å²) in [5, 5.41) is 0. The van der Waals surface area contributed by atoms with Gasteiger partial charge < -0.3 is 14.2 Å². The molecule has 0 radical (unpaired) electrons. The Hall–Kier alpha value is -3.67. The second-order valence-electron chi connectivity index (χ2n) is 16.7. The molecule has 1 atom stereocenters. The predicted octanol–water partition coefficient (Wildman–Crippen LogP) is 17.0. The molecule has 6 nitrogen and oxygen atoms in total. The van der Waals surface area contributed by atoms with Gasteiger partial charge in [0.25, 0.3) is 0 Å². The minimum atomic E-state index is -0.795. The lowest BCUT2D eigenvalue weighted by atomic mass is 10.1. The number of hydrogen-bond acceptors (Lipinski definition) is 6. The molecule has 6 heteroatoms. The highest BCUT2D eigenvalue weighted by Crippen LogP contribution is 2.14. The highest BCUT2D eigenvalue weighted by molar-refractivity contribution is 5.71. The molecule has 63 heavy (non-hydrogen) atoms. The SMILES string of the molecule is CC/C=C\C/C=C\C/C=C\C/C=C\C/C=C\CCCCCC(=O)OCC(COC(=O)CCCCCCCCCCC)OC(=O)CCCCCCCCC/C=C\C/C=C\C/C=C\CC. The molecule has 0 aromatic heterocycles. The summed E-state index contributed by atoms with van der Waals surface area (Å²) in [7, 11) is 0. The van der Waals surface area contributed by atoms with Crippen molar-refractivity contribution < 1.29 is 28.6 Å². The van der Waals surface area contributed by atoms with Crippen LogP contribution in [0.2, 0.25) is 0 Å². The second kappa shape index (κ2) is 51.0. The minimum absolute atomic E-state index is 0.0922. The molecule has 0 fully saturated rings. The molecule has 0 spiro atoms. The van der Waals surface area contributed by atoms with Gasteiger partial charge in [0.2, 0.25) is 0 Å². The number of esters is 3. The lowest BCUT2D eigenvalue weighted by Gasteiger charge is -2.18. The van der Waals surface area contributed by atoms with E-state index in [1.807, 2.05) is 0 Å². The van der Waals surface area contributed by atoms with Gasteiger partial charge >= 0.3 is 17.9 Å². The zero-order valence-corrected chi connectivity index (χ0v) is 40.8. The topological polar surface area (TPSA) is 78.9 Å². The first-order valence-electron chi connectivity index (χ1n) is 25.7. The Bertz CT molecular complexity index is 1280. The van der Waals surface area contributed by atoms with Crippen LogP contribution in [0.25, 0.3) is 0 Å². The number of rotatable bonds is 45. The maximum Gasteiger partial charge on any atom is 0.306 e. The van der Waals surface area contributed by atoms with Crippen LogP contribution in [0.15, 0.2) is 97.2 Å². The van der Waals surface area contributed by atoms with E-state index in [-0.39, 0.29) is 31.1 Å². The third-order valence-corrected chi connectivity index (χ3v) is 10.6. The van der Waals surface area contributed by atoms with Gasteiger partial charge in [0.05, 0.1) is 0 Å². The molecular formula is C57H94O6. The first-order valence-corrected chi connectivity index (χ1v) is 25.7. The van der Waals surface area contributed by atoms with Crippen molar-refractivity contribution >= 4 is 17.9 Å². The molecule has 358 valence electrons. The van der Waals surface area contributed by atoms with E-state index in [4.69, 9.17) is 14.2 Å². The van der Waals surface area contributed by atoms with Crippen molar-refractivity contribution in [2.24, 2.45) is 0 Å². The van der Waals surface area contributed by atoms with Crippen molar-refractivity contribution in [1.29, 1.82) is 0 Å². The Morgan fingerprint density at radius 3 is 0.984 bits per heavy atom. The quantitative estimate of drug-likeness (QED) is 0.0262. The van der Waals surface area contributed by atoms with Gasteiger partial charge in [0.15, 0.2) is 6.10 Å². The minimum Gasteiger partial charge on any atom is -0.462 e. The van der Waals surface area contributed by atoms with Crippen molar-refractivity contribution in [3.63, 3.8) is 0 Å². The Balaban J connectivity index is 4.41. The summed E-state index contributed by atoms with van der Waals surface area (Å²) in [6.07, 6.45) is 66.8.